The number of piperidine rings is 3. The number of hydrogen-bond acceptors (Lipinski definition) is 7. The first-order chi connectivity index (χ1) is 19.5. The zero-order chi connectivity index (χ0) is 29.1. The molecule has 1 saturated carbocycles. The zero-order valence-corrected chi connectivity index (χ0v) is 24.2. The molecule has 10 nitrogen and oxygen atoms in total. The van der Waals surface area contributed by atoms with Crippen molar-refractivity contribution < 1.29 is 28.7 Å². The van der Waals surface area contributed by atoms with Crippen molar-refractivity contribution in [3.8, 4) is 0 Å². The van der Waals surface area contributed by atoms with E-state index >= 15 is 0 Å². The van der Waals surface area contributed by atoms with Crippen molar-refractivity contribution in [3.05, 3.63) is 34.9 Å². The van der Waals surface area contributed by atoms with Crippen LogP contribution in [-0.4, -0.2) is 87.8 Å². The van der Waals surface area contributed by atoms with Crippen LogP contribution < -0.4 is 5.32 Å². The average Bonchev–Trinajstić information content (AvgIpc) is 3.71. The number of fused-ring (bicyclic) bond motifs is 1. The molecule has 1 aromatic carbocycles. The second-order valence-electron chi connectivity index (χ2n) is 13.4. The lowest BCUT2D eigenvalue weighted by Gasteiger charge is -2.45. The Hall–Kier alpha value is -3.27. The van der Waals surface area contributed by atoms with Gasteiger partial charge in [0.2, 0.25) is 11.8 Å². The van der Waals surface area contributed by atoms with E-state index < -0.39 is 29.4 Å². The van der Waals surface area contributed by atoms with Gasteiger partial charge in [-0.3, -0.25) is 34.3 Å². The number of rotatable bonds is 4. The van der Waals surface area contributed by atoms with Crippen LogP contribution in [0.4, 0.5) is 4.79 Å². The number of imide groups is 2. The quantitative estimate of drug-likeness (QED) is 0.557. The smallest absolute Gasteiger partial charge is 0.410 e. The van der Waals surface area contributed by atoms with Crippen molar-refractivity contribution in [2.75, 3.05) is 26.2 Å². The number of nitrogens with one attached hydrogen (secondary N) is 1. The zero-order valence-electron chi connectivity index (χ0n) is 24.2. The van der Waals surface area contributed by atoms with E-state index in [0.717, 1.165) is 62.3 Å². The third kappa shape index (κ3) is 5.15. The van der Waals surface area contributed by atoms with Gasteiger partial charge in [-0.15, -0.1) is 0 Å². The number of carbonyl (C=O) groups excluding carboxylic acids is 5. The summed E-state index contributed by atoms with van der Waals surface area (Å²) in [5, 5.41) is 2.25. The summed E-state index contributed by atoms with van der Waals surface area (Å²) < 4.78 is 5.57. The fourth-order valence-electron chi connectivity index (χ4n) is 7.44. The summed E-state index contributed by atoms with van der Waals surface area (Å²) in [6, 6.07) is 4.58. The number of hydrogen-bond donors (Lipinski definition) is 1. The van der Waals surface area contributed by atoms with E-state index in [2.05, 4.69) is 10.2 Å². The molecular weight excluding hydrogens is 524 g/mol. The number of amides is 5. The minimum Gasteiger partial charge on any atom is -0.444 e. The molecule has 5 aliphatic rings. The van der Waals surface area contributed by atoms with Crippen LogP contribution in [0.5, 0.6) is 0 Å². The van der Waals surface area contributed by atoms with E-state index in [1.807, 2.05) is 37.8 Å². The monoisotopic (exact) mass is 564 g/mol. The van der Waals surface area contributed by atoms with Crippen LogP contribution in [0.3, 0.4) is 0 Å². The first-order valence-electron chi connectivity index (χ1n) is 15.1. The molecule has 4 fully saturated rings. The van der Waals surface area contributed by atoms with Gasteiger partial charge in [0.25, 0.3) is 11.8 Å². The molecule has 4 heterocycles. The molecule has 1 atom stereocenters. The molecule has 41 heavy (non-hydrogen) atoms. The Morgan fingerprint density at radius 1 is 0.902 bits per heavy atom. The minimum absolute atomic E-state index is 0.109. The SMILES string of the molecule is CC(C)(C)OC(=O)N1CCC(C2(N3CCC(c4ccc5c(c4)C(=O)N(C4CCC(=O)NC4=O)C5=O)CC3)CC2)CC1. The van der Waals surface area contributed by atoms with Crippen molar-refractivity contribution >= 4 is 29.7 Å². The first kappa shape index (κ1) is 27.9. The summed E-state index contributed by atoms with van der Waals surface area (Å²) in [5.41, 5.74) is 1.51. The van der Waals surface area contributed by atoms with Crippen LogP contribution in [0, 0.1) is 5.92 Å². The highest BCUT2D eigenvalue weighted by Crippen LogP contribution is 2.53. The number of carbonyl (C=O) groups is 5. The Kier molecular flexibility index (Phi) is 6.95. The lowest BCUT2D eigenvalue weighted by atomic mass is 9.82. The Labute approximate surface area is 240 Å². The van der Waals surface area contributed by atoms with Gasteiger partial charge in [-0.05, 0) is 108 Å². The summed E-state index contributed by atoms with van der Waals surface area (Å²) in [6.07, 6.45) is 6.44. The fourth-order valence-corrected chi connectivity index (χ4v) is 7.44. The van der Waals surface area contributed by atoms with Crippen molar-refractivity contribution in [2.45, 2.75) is 95.2 Å². The molecule has 1 aliphatic carbocycles. The number of benzene rings is 1. The highest BCUT2D eigenvalue weighted by molar-refractivity contribution is 6.23. The summed E-state index contributed by atoms with van der Waals surface area (Å²) >= 11 is 0. The Morgan fingerprint density at radius 2 is 1.56 bits per heavy atom. The average molecular weight is 565 g/mol. The third-order valence-corrected chi connectivity index (χ3v) is 9.73. The maximum absolute atomic E-state index is 13.3. The summed E-state index contributed by atoms with van der Waals surface area (Å²) in [4.78, 5) is 68.3. The topological polar surface area (TPSA) is 116 Å². The molecule has 5 amide bonds. The summed E-state index contributed by atoms with van der Waals surface area (Å²) in [7, 11) is 0. The largest absolute Gasteiger partial charge is 0.444 e. The van der Waals surface area contributed by atoms with Gasteiger partial charge < -0.3 is 9.64 Å². The van der Waals surface area contributed by atoms with Gasteiger partial charge in [0.05, 0.1) is 11.1 Å². The van der Waals surface area contributed by atoms with Gasteiger partial charge in [-0.1, -0.05) is 6.07 Å². The third-order valence-electron chi connectivity index (χ3n) is 9.73. The highest BCUT2D eigenvalue weighted by Gasteiger charge is 2.54. The van der Waals surface area contributed by atoms with Crippen LogP contribution >= 0.6 is 0 Å². The van der Waals surface area contributed by atoms with Crippen LogP contribution in [-0.2, 0) is 14.3 Å². The van der Waals surface area contributed by atoms with Crippen LogP contribution in [0.25, 0.3) is 0 Å². The van der Waals surface area contributed by atoms with Crippen LogP contribution in [0.2, 0.25) is 0 Å². The number of nitrogens with zero attached hydrogens (tertiary/aromatic N) is 3. The van der Waals surface area contributed by atoms with Gasteiger partial charge in [0.1, 0.15) is 11.6 Å². The van der Waals surface area contributed by atoms with E-state index in [0.29, 0.717) is 23.0 Å². The molecule has 6 rings (SSSR count). The molecule has 1 N–H and O–H groups in total. The maximum atomic E-state index is 13.3. The first-order valence-corrected chi connectivity index (χ1v) is 15.1. The predicted molar refractivity (Wildman–Crippen MR) is 149 cm³/mol. The second-order valence-corrected chi connectivity index (χ2v) is 13.4. The van der Waals surface area contributed by atoms with Crippen molar-refractivity contribution in [1.29, 1.82) is 0 Å². The fraction of sp³-hybridized carbons (Fsp3) is 0.645. The molecule has 0 aromatic heterocycles. The van der Waals surface area contributed by atoms with Crippen molar-refractivity contribution in [1.82, 2.24) is 20.0 Å². The maximum Gasteiger partial charge on any atom is 0.410 e. The van der Waals surface area contributed by atoms with E-state index in [1.165, 1.54) is 12.8 Å². The molecule has 0 radical (unpaired) electrons. The van der Waals surface area contributed by atoms with Gasteiger partial charge in [-0.25, -0.2) is 4.79 Å². The summed E-state index contributed by atoms with van der Waals surface area (Å²) in [5.74, 6) is -1.00. The normalized spacial score (nSPS) is 25.8. The molecule has 1 aromatic rings. The van der Waals surface area contributed by atoms with Crippen LogP contribution in [0.1, 0.15) is 104 Å². The van der Waals surface area contributed by atoms with E-state index in [9.17, 15) is 24.0 Å². The predicted octanol–water partition coefficient (Wildman–Crippen LogP) is 3.45. The lowest BCUT2D eigenvalue weighted by Crippen LogP contribution is -2.54. The molecule has 220 valence electrons. The van der Waals surface area contributed by atoms with E-state index in [4.69, 9.17) is 4.74 Å². The molecule has 10 heteroatoms. The van der Waals surface area contributed by atoms with Gasteiger partial charge >= 0.3 is 6.09 Å². The molecule has 0 spiro atoms. The Balaban J connectivity index is 1.06. The molecule has 4 aliphatic heterocycles. The van der Waals surface area contributed by atoms with Gasteiger partial charge in [0.15, 0.2) is 0 Å². The summed E-state index contributed by atoms with van der Waals surface area (Å²) in [6.45, 7) is 9.17. The van der Waals surface area contributed by atoms with E-state index in [1.54, 1.807) is 6.07 Å². The van der Waals surface area contributed by atoms with Crippen molar-refractivity contribution in [2.24, 2.45) is 5.92 Å². The number of ether oxygens (including phenoxy) is 1. The van der Waals surface area contributed by atoms with Crippen LogP contribution in [0.15, 0.2) is 18.2 Å². The molecular formula is C31H40N4O6. The Bertz CT molecular complexity index is 1280. The number of likely N-dealkylation sites (tertiary alicyclic amines) is 2. The Morgan fingerprint density at radius 3 is 2.17 bits per heavy atom. The van der Waals surface area contributed by atoms with E-state index in [-0.39, 0.29) is 30.4 Å². The van der Waals surface area contributed by atoms with Gasteiger partial charge in [0, 0.05) is 25.0 Å². The standard InChI is InChI=1S/C31H40N4O6/c1-30(2,3)41-29(40)33-14-10-21(11-15-33)31(12-13-31)34-16-8-19(9-17-34)20-4-5-22-23(18-20)28(39)35(27(22)38)24-6-7-25(36)32-26(24)37/h4-5,18-19,21,24H,6-17H2,1-3H3,(H,32,36,37). The minimum atomic E-state index is -0.947. The molecule has 0 bridgehead atoms. The molecule has 3 saturated heterocycles. The lowest BCUT2D eigenvalue weighted by molar-refractivity contribution is -0.136. The highest BCUT2D eigenvalue weighted by atomic mass is 16.6. The molecule has 1 unspecified atom stereocenters. The second kappa shape index (κ2) is 10.2. The van der Waals surface area contributed by atoms with Gasteiger partial charge in [-0.2, -0.15) is 0 Å². The van der Waals surface area contributed by atoms with Crippen molar-refractivity contribution in [3.63, 3.8) is 0 Å².